The number of ether oxygens (including phenoxy) is 1. The largest absolute Gasteiger partial charge is 0.495 e. The van der Waals surface area contributed by atoms with Crippen molar-refractivity contribution >= 4 is 5.82 Å². The van der Waals surface area contributed by atoms with Gasteiger partial charge in [0.05, 0.1) is 7.11 Å². The Hall–Kier alpha value is -3.38. The molecule has 0 radical (unpaired) electrons. The number of rotatable bonds is 2. The average Bonchev–Trinajstić information content (AvgIpc) is 2.68. The van der Waals surface area contributed by atoms with Crippen molar-refractivity contribution in [1.82, 2.24) is 9.97 Å². The van der Waals surface area contributed by atoms with Crippen molar-refractivity contribution in [2.24, 2.45) is 0 Å². The van der Waals surface area contributed by atoms with E-state index in [0.29, 0.717) is 22.7 Å². The molecular formula is C20H17FN4O. The van der Waals surface area contributed by atoms with Gasteiger partial charge in [0.25, 0.3) is 0 Å². The molecule has 2 aromatic heterocycles. The Morgan fingerprint density at radius 3 is 2.69 bits per heavy atom. The first kappa shape index (κ1) is 17.4. The van der Waals surface area contributed by atoms with Gasteiger partial charge in [0.15, 0.2) is 0 Å². The zero-order valence-electron chi connectivity index (χ0n) is 14.4. The molecule has 3 heterocycles. The summed E-state index contributed by atoms with van der Waals surface area (Å²) >= 11 is 0. The lowest BCUT2D eigenvalue weighted by atomic mass is 10.0. The van der Waals surface area contributed by atoms with Crippen LogP contribution in [0.1, 0.15) is 24.0 Å². The third kappa shape index (κ3) is 3.99. The minimum absolute atomic E-state index is 0.460. The standard InChI is InChI=1S/C20H17FN4O/c1-26-18-6-10-24-20(17(18)14-22)25-11-7-15(8-12-25)3-2-4-16-5-9-23-19(21)13-16/h3,5-6,9-10,13H,7-8,11-12H2,1H3. The van der Waals surface area contributed by atoms with E-state index >= 15 is 0 Å². The van der Waals surface area contributed by atoms with Crippen LogP contribution in [-0.4, -0.2) is 30.2 Å². The van der Waals surface area contributed by atoms with Crippen molar-refractivity contribution in [3.8, 4) is 23.7 Å². The van der Waals surface area contributed by atoms with Crippen LogP contribution >= 0.6 is 0 Å². The van der Waals surface area contributed by atoms with E-state index in [-0.39, 0.29) is 0 Å². The SMILES string of the molecule is COc1ccnc(N2CCC(=CC#Cc3ccnc(F)c3)CC2)c1C#N. The average molecular weight is 348 g/mol. The third-order valence-electron chi connectivity index (χ3n) is 4.15. The Morgan fingerprint density at radius 1 is 1.23 bits per heavy atom. The second kappa shape index (κ2) is 8.13. The van der Waals surface area contributed by atoms with Gasteiger partial charge in [-0.2, -0.15) is 9.65 Å². The van der Waals surface area contributed by atoms with E-state index in [2.05, 4.69) is 32.8 Å². The van der Waals surface area contributed by atoms with E-state index in [1.54, 1.807) is 25.4 Å². The van der Waals surface area contributed by atoms with Crippen LogP contribution in [0.3, 0.4) is 0 Å². The van der Waals surface area contributed by atoms with E-state index < -0.39 is 5.95 Å². The second-order valence-electron chi connectivity index (χ2n) is 5.75. The summed E-state index contributed by atoms with van der Waals surface area (Å²) in [6, 6.07) is 6.86. The molecule has 0 amide bonds. The molecule has 5 nitrogen and oxygen atoms in total. The minimum atomic E-state index is -0.531. The Bertz CT molecular complexity index is 927. The molecule has 0 N–H and O–H groups in total. The van der Waals surface area contributed by atoms with Gasteiger partial charge in [-0.15, -0.1) is 0 Å². The van der Waals surface area contributed by atoms with Crippen LogP contribution in [0.5, 0.6) is 5.75 Å². The van der Waals surface area contributed by atoms with Gasteiger partial charge in [-0.3, -0.25) is 0 Å². The first-order chi connectivity index (χ1) is 12.7. The number of pyridine rings is 2. The Morgan fingerprint density at radius 2 is 2.00 bits per heavy atom. The van der Waals surface area contributed by atoms with E-state index in [9.17, 15) is 9.65 Å². The lowest BCUT2D eigenvalue weighted by Crippen LogP contribution is -2.32. The first-order valence-corrected chi connectivity index (χ1v) is 8.20. The van der Waals surface area contributed by atoms with Crippen LogP contribution in [0.15, 0.2) is 42.2 Å². The smallest absolute Gasteiger partial charge is 0.214 e. The fourth-order valence-electron chi connectivity index (χ4n) is 2.80. The molecule has 0 atom stereocenters. The molecule has 3 rings (SSSR count). The van der Waals surface area contributed by atoms with Gasteiger partial charge in [0, 0.05) is 37.1 Å². The number of hydrogen-bond acceptors (Lipinski definition) is 5. The molecule has 26 heavy (non-hydrogen) atoms. The summed E-state index contributed by atoms with van der Waals surface area (Å²) in [7, 11) is 1.55. The van der Waals surface area contributed by atoms with Crippen LogP contribution in [-0.2, 0) is 0 Å². The summed E-state index contributed by atoms with van der Waals surface area (Å²) in [6.45, 7) is 1.51. The quantitative estimate of drug-likeness (QED) is 0.616. The number of nitriles is 1. The van der Waals surface area contributed by atoms with Gasteiger partial charge in [-0.25, -0.2) is 9.97 Å². The van der Waals surface area contributed by atoms with Gasteiger partial charge < -0.3 is 9.64 Å². The van der Waals surface area contributed by atoms with Crippen molar-refractivity contribution in [2.75, 3.05) is 25.1 Å². The molecule has 1 aliphatic rings. The van der Waals surface area contributed by atoms with Crippen LogP contribution in [0.4, 0.5) is 10.2 Å². The summed E-state index contributed by atoms with van der Waals surface area (Å²) in [4.78, 5) is 9.95. The molecule has 0 bridgehead atoms. The minimum Gasteiger partial charge on any atom is -0.495 e. The number of aromatic nitrogens is 2. The Kier molecular flexibility index (Phi) is 5.46. The number of allylic oxidation sites excluding steroid dienone is 1. The Balaban J connectivity index is 1.68. The summed E-state index contributed by atoms with van der Waals surface area (Å²) in [5, 5.41) is 9.40. The summed E-state index contributed by atoms with van der Waals surface area (Å²) in [5.41, 5.74) is 2.29. The zero-order chi connectivity index (χ0) is 18.4. The van der Waals surface area contributed by atoms with Crippen LogP contribution in [0, 0.1) is 29.1 Å². The maximum absolute atomic E-state index is 13.0. The molecule has 130 valence electrons. The molecule has 0 aliphatic carbocycles. The Labute approximate surface area is 151 Å². The van der Waals surface area contributed by atoms with Crippen molar-refractivity contribution in [1.29, 1.82) is 5.26 Å². The predicted octanol–water partition coefficient (Wildman–Crippen LogP) is 3.07. The van der Waals surface area contributed by atoms with E-state index in [1.807, 2.05) is 6.08 Å². The number of halogens is 1. The predicted molar refractivity (Wildman–Crippen MR) is 96.1 cm³/mol. The maximum Gasteiger partial charge on any atom is 0.214 e. The van der Waals surface area contributed by atoms with Crippen LogP contribution in [0.25, 0.3) is 0 Å². The van der Waals surface area contributed by atoms with E-state index in [4.69, 9.17) is 4.74 Å². The molecule has 0 spiro atoms. The lowest BCUT2D eigenvalue weighted by Gasteiger charge is -2.30. The van der Waals surface area contributed by atoms with Crippen LogP contribution in [0.2, 0.25) is 0 Å². The van der Waals surface area contributed by atoms with Crippen molar-refractivity contribution in [2.45, 2.75) is 12.8 Å². The number of hydrogen-bond donors (Lipinski definition) is 0. The first-order valence-electron chi connectivity index (χ1n) is 8.20. The summed E-state index contributed by atoms with van der Waals surface area (Å²) < 4.78 is 18.3. The fraction of sp³-hybridized carbons (Fsp3) is 0.250. The fourth-order valence-corrected chi connectivity index (χ4v) is 2.80. The normalized spacial score (nSPS) is 13.4. The maximum atomic E-state index is 13.0. The van der Waals surface area contributed by atoms with Gasteiger partial charge in [0.2, 0.25) is 5.95 Å². The molecular weight excluding hydrogens is 331 g/mol. The highest BCUT2D eigenvalue weighted by molar-refractivity contribution is 5.60. The number of piperidine rings is 1. The molecule has 0 saturated carbocycles. The van der Waals surface area contributed by atoms with Gasteiger partial charge in [-0.1, -0.05) is 17.4 Å². The van der Waals surface area contributed by atoms with E-state index in [0.717, 1.165) is 25.9 Å². The monoisotopic (exact) mass is 348 g/mol. The topological polar surface area (TPSA) is 62.0 Å². The molecule has 0 unspecified atom stereocenters. The van der Waals surface area contributed by atoms with Crippen molar-refractivity contribution in [3.63, 3.8) is 0 Å². The highest BCUT2D eigenvalue weighted by atomic mass is 19.1. The molecule has 1 aliphatic heterocycles. The molecule has 6 heteroatoms. The van der Waals surface area contributed by atoms with Gasteiger partial charge in [-0.05, 0) is 31.1 Å². The molecule has 2 aromatic rings. The summed E-state index contributed by atoms with van der Waals surface area (Å²) in [5.74, 6) is 6.56. The number of nitrogens with zero attached hydrogens (tertiary/aromatic N) is 4. The van der Waals surface area contributed by atoms with Crippen LogP contribution < -0.4 is 9.64 Å². The van der Waals surface area contributed by atoms with E-state index in [1.165, 1.54) is 17.8 Å². The molecule has 0 aromatic carbocycles. The highest BCUT2D eigenvalue weighted by Gasteiger charge is 2.20. The van der Waals surface area contributed by atoms with Gasteiger partial charge >= 0.3 is 0 Å². The summed E-state index contributed by atoms with van der Waals surface area (Å²) in [6.07, 6.45) is 6.62. The number of anilines is 1. The van der Waals surface area contributed by atoms with Gasteiger partial charge in [0.1, 0.15) is 23.2 Å². The second-order valence-corrected chi connectivity index (χ2v) is 5.75. The highest BCUT2D eigenvalue weighted by Crippen LogP contribution is 2.29. The zero-order valence-corrected chi connectivity index (χ0v) is 14.4. The number of methoxy groups -OCH3 is 1. The third-order valence-corrected chi connectivity index (χ3v) is 4.15. The molecule has 1 saturated heterocycles. The molecule has 1 fully saturated rings. The van der Waals surface area contributed by atoms with Crippen molar-refractivity contribution < 1.29 is 9.13 Å². The van der Waals surface area contributed by atoms with Crippen molar-refractivity contribution in [3.05, 3.63) is 59.3 Å². The lowest BCUT2D eigenvalue weighted by molar-refractivity contribution is 0.412.